The minimum Gasteiger partial charge on any atom is -0.436 e. The quantitative estimate of drug-likeness (QED) is 0.460. The average molecular weight is 470 g/mol. The number of rotatable bonds is 7. The van der Waals surface area contributed by atoms with Gasteiger partial charge in [0, 0.05) is 26.0 Å². The van der Waals surface area contributed by atoms with Gasteiger partial charge in [-0.1, -0.05) is 41.4 Å². The molecule has 3 rings (SSSR count). The van der Waals surface area contributed by atoms with E-state index in [-0.39, 0.29) is 45.9 Å². The Bertz CT molecular complexity index is 1080. The molecule has 0 aliphatic rings. The molecule has 2 aromatic carbocycles. The second-order valence-electron chi connectivity index (χ2n) is 6.57. The smallest absolute Gasteiger partial charge is 0.416 e. The van der Waals surface area contributed by atoms with Crippen LogP contribution in [0.1, 0.15) is 16.7 Å². The number of benzene rings is 2. The van der Waals surface area contributed by atoms with Crippen LogP contribution in [0, 0.1) is 0 Å². The van der Waals surface area contributed by atoms with Gasteiger partial charge in [-0.2, -0.15) is 13.2 Å². The van der Waals surface area contributed by atoms with Gasteiger partial charge in [-0.05, 0) is 29.3 Å². The van der Waals surface area contributed by atoms with Crippen LogP contribution in [0.3, 0.4) is 0 Å². The minimum absolute atomic E-state index is 0.0482. The zero-order chi connectivity index (χ0) is 22.6. The van der Waals surface area contributed by atoms with Gasteiger partial charge in [0.1, 0.15) is 17.9 Å². The molecule has 162 valence electrons. The maximum absolute atomic E-state index is 12.8. The number of hydrogen-bond donors (Lipinski definition) is 1. The predicted molar refractivity (Wildman–Crippen MR) is 112 cm³/mol. The van der Waals surface area contributed by atoms with E-state index >= 15 is 0 Å². The van der Waals surface area contributed by atoms with Gasteiger partial charge in [0.05, 0.1) is 15.6 Å². The molecule has 31 heavy (non-hydrogen) atoms. The molecule has 0 amide bonds. The molecule has 0 aliphatic heterocycles. The number of ether oxygens (including phenoxy) is 1. The van der Waals surface area contributed by atoms with Crippen molar-refractivity contribution in [2.75, 3.05) is 12.4 Å². The molecule has 1 aromatic heterocycles. The Hall–Kier alpha value is -2.84. The SMILES string of the molecule is CNc1cc(Oc2c(Cl)cc(CC(=O)Cc3cccc(C(F)(F)F)c3)cc2Cl)ncn1. The molecule has 1 N–H and O–H groups in total. The first-order chi connectivity index (χ1) is 14.7. The van der Waals surface area contributed by atoms with Gasteiger partial charge in [-0.15, -0.1) is 0 Å². The molecule has 0 aliphatic carbocycles. The van der Waals surface area contributed by atoms with E-state index in [9.17, 15) is 18.0 Å². The van der Waals surface area contributed by atoms with Gasteiger partial charge in [0.15, 0.2) is 5.75 Å². The maximum atomic E-state index is 12.8. The first kappa shape index (κ1) is 22.8. The van der Waals surface area contributed by atoms with Crippen molar-refractivity contribution >= 4 is 34.8 Å². The molecule has 10 heteroatoms. The molecular formula is C21H16Cl2F3N3O2. The average Bonchev–Trinajstić information content (AvgIpc) is 2.70. The lowest BCUT2D eigenvalue weighted by molar-refractivity contribution is -0.137. The second-order valence-corrected chi connectivity index (χ2v) is 7.39. The predicted octanol–water partition coefficient (Wildman–Crippen LogP) is 5.99. The monoisotopic (exact) mass is 469 g/mol. The lowest BCUT2D eigenvalue weighted by Gasteiger charge is -2.12. The number of carbonyl (C=O) groups is 1. The molecule has 0 fully saturated rings. The fourth-order valence-electron chi connectivity index (χ4n) is 2.82. The van der Waals surface area contributed by atoms with Crippen LogP contribution in [0.2, 0.25) is 10.0 Å². The number of nitrogens with zero attached hydrogens (tertiary/aromatic N) is 2. The summed E-state index contributed by atoms with van der Waals surface area (Å²) in [7, 11) is 1.69. The van der Waals surface area contributed by atoms with Crippen LogP contribution in [-0.2, 0) is 23.8 Å². The molecule has 1 heterocycles. The third-order valence-electron chi connectivity index (χ3n) is 4.22. The lowest BCUT2D eigenvalue weighted by Crippen LogP contribution is -2.09. The van der Waals surface area contributed by atoms with Crippen molar-refractivity contribution in [3.05, 3.63) is 75.5 Å². The van der Waals surface area contributed by atoms with Crippen molar-refractivity contribution in [1.82, 2.24) is 9.97 Å². The summed E-state index contributed by atoms with van der Waals surface area (Å²) in [6.07, 6.45) is -3.35. The molecule has 0 bridgehead atoms. The van der Waals surface area contributed by atoms with Crippen LogP contribution in [0.25, 0.3) is 0 Å². The highest BCUT2D eigenvalue weighted by atomic mass is 35.5. The van der Waals surface area contributed by atoms with Crippen LogP contribution in [-0.4, -0.2) is 22.8 Å². The van der Waals surface area contributed by atoms with Crippen molar-refractivity contribution < 1.29 is 22.7 Å². The number of carbonyl (C=O) groups excluding carboxylic acids is 1. The molecule has 0 radical (unpaired) electrons. The summed E-state index contributed by atoms with van der Waals surface area (Å²) in [6.45, 7) is 0. The first-order valence-electron chi connectivity index (χ1n) is 8.99. The zero-order valence-corrected chi connectivity index (χ0v) is 17.6. The van der Waals surface area contributed by atoms with E-state index in [1.165, 1.54) is 30.6 Å². The van der Waals surface area contributed by atoms with Crippen LogP contribution in [0.5, 0.6) is 11.6 Å². The summed E-state index contributed by atoms with van der Waals surface area (Å²) < 4.78 is 44.2. The third kappa shape index (κ3) is 6.08. The van der Waals surface area contributed by atoms with Gasteiger partial charge in [-0.3, -0.25) is 4.79 Å². The molecule has 0 atom stereocenters. The van der Waals surface area contributed by atoms with E-state index in [1.54, 1.807) is 13.1 Å². The van der Waals surface area contributed by atoms with Crippen LogP contribution >= 0.6 is 23.2 Å². The molecular weight excluding hydrogens is 454 g/mol. The Morgan fingerprint density at radius 3 is 2.35 bits per heavy atom. The molecule has 0 saturated heterocycles. The van der Waals surface area contributed by atoms with Crippen molar-refractivity contribution in [3.63, 3.8) is 0 Å². The van der Waals surface area contributed by atoms with Gasteiger partial charge >= 0.3 is 6.18 Å². The van der Waals surface area contributed by atoms with Gasteiger partial charge < -0.3 is 10.1 Å². The minimum atomic E-state index is -4.46. The fraction of sp³-hybridized carbons (Fsp3) is 0.190. The Balaban J connectivity index is 1.72. The summed E-state index contributed by atoms with van der Waals surface area (Å²) in [6, 6.07) is 9.28. The topological polar surface area (TPSA) is 64.1 Å². The maximum Gasteiger partial charge on any atom is 0.416 e. The van der Waals surface area contributed by atoms with E-state index in [2.05, 4.69) is 15.3 Å². The summed E-state index contributed by atoms with van der Waals surface area (Å²) in [5.41, 5.74) is -0.00413. The van der Waals surface area contributed by atoms with E-state index in [0.29, 0.717) is 11.4 Å². The van der Waals surface area contributed by atoms with E-state index < -0.39 is 11.7 Å². The molecule has 3 aromatic rings. The third-order valence-corrected chi connectivity index (χ3v) is 4.78. The zero-order valence-electron chi connectivity index (χ0n) is 16.1. The normalized spacial score (nSPS) is 11.3. The molecule has 0 saturated carbocycles. The summed E-state index contributed by atoms with van der Waals surface area (Å²) in [5, 5.41) is 3.18. The Morgan fingerprint density at radius 2 is 1.71 bits per heavy atom. The number of halogens is 5. The number of alkyl halides is 3. The lowest BCUT2D eigenvalue weighted by atomic mass is 10.0. The van der Waals surface area contributed by atoms with E-state index in [0.717, 1.165) is 12.1 Å². The fourth-order valence-corrected chi connectivity index (χ4v) is 3.43. The number of hydrogen-bond acceptors (Lipinski definition) is 5. The van der Waals surface area contributed by atoms with Gasteiger partial charge in [0.25, 0.3) is 0 Å². The van der Waals surface area contributed by atoms with Crippen LogP contribution in [0.4, 0.5) is 19.0 Å². The molecule has 0 unspecified atom stereocenters. The van der Waals surface area contributed by atoms with Crippen molar-refractivity contribution in [1.29, 1.82) is 0 Å². The van der Waals surface area contributed by atoms with Crippen molar-refractivity contribution in [2.45, 2.75) is 19.0 Å². The van der Waals surface area contributed by atoms with Gasteiger partial charge in [-0.25, -0.2) is 9.97 Å². The number of Topliss-reactive ketones (excluding diaryl/α,β-unsaturated/α-hetero) is 1. The molecule has 5 nitrogen and oxygen atoms in total. The number of nitrogens with one attached hydrogen (secondary N) is 1. The number of aromatic nitrogens is 2. The van der Waals surface area contributed by atoms with E-state index in [4.69, 9.17) is 27.9 Å². The Labute approximate surface area is 186 Å². The summed E-state index contributed by atoms with van der Waals surface area (Å²) in [4.78, 5) is 20.3. The summed E-state index contributed by atoms with van der Waals surface area (Å²) in [5.74, 6) is 0.637. The van der Waals surface area contributed by atoms with E-state index in [1.807, 2.05) is 0 Å². The Morgan fingerprint density at radius 1 is 1.03 bits per heavy atom. The highest BCUT2D eigenvalue weighted by molar-refractivity contribution is 6.37. The van der Waals surface area contributed by atoms with Crippen molar-refractivity contribution in [3.8, 4) is 11.6 Å². The largest absolute Gasteiger partial charge is 0.436 e. The molecule has 0 spiro atoms. The standard InChI is InChI=1S/C21H16Cl2F3N3O2/c1-27-18-10-19(29-11-28-18)31-20-16(22)8-13(9-17(20)23)7-15(30)6-12-3-2-4-14(5-12)21(24,25)26/h2-5,8-11H,6-7H2,1H3,(H,27,28,29). The van der Waals surface area contributed by atoms with Crippen molar-refractivity contribution in [2.24, 2.45) is 0 Å². The number of ketones is 1. The second kappa shape index (κ2) is 9.53. The first-order valence-corrected chi connectivity index (χ1v) is 9.74. The van der Waals surface area contributed by atoms with Crippen LogP contribution < -0.4 is 10.1 Å². The highest BCUT2D eigenvalue weighted by Crippen LogP contribution is 2.37. The highest BCUT2D eigenvalue weighted by Gasteiger charge is 2.30. The summed E-state index contributed by atoms with van der Waals surface area (Å²) >= 11 is 12.5. The number of anilines is 1. The van der Waals surface area contributed by atoms with Gasteiger partial charge in [0.2, 0.25) is 5.88 Å². The Kier molecular flexibility index (Phi) is 7.02. The van der Waals surface area contributed by atoms with Crippen LogP contribution in [0.15, 0.2) is 48.8 Å².